The van der Waals surface area contributed by atoms with Gasteiger partial charge in [0.05, 0.1) is 11.8 Å². The van der Waals surface area contributed by atoms with E-state index in [1.54, 1.807) is 0 Å². The lowest BCUT2D eigenvalue weighted by Crippen LogP contribution is -2.40. The topological polar surface area (TPSA) is 66.4 Å². The van der Waals surface area contributed by atoms with Crippen LogP contribution in [0.25, 0.3) is 0 Å². The lowest BCUT2D eigenvalue weighted by atomic mass is 9.82. The van der Waals surface area contributed by atoms with Gasteiger partial charge in [0.15, 0.2) is 0 Å². The predicted octanol–water partition coefficient (Wildman–Crippen LogP) is 1.04. The van der Waals surface area contributed by atoms with E-state index in [9.17, 15) is 9.59 Å². The van der Waals surface area contributed by atoms with Crippen LogP contribution in [0.3, 0.4) is 0 Å². The van der Waals surface area contributed by atoms with Gasteiger partial charge in [-0.25, -0.2) is 0 Å². The van der Waals surface area contributed by atoms with Gasteiger partial charge in [0, 0.05) is 6.54 Å². The van der Waals surface area contributed by atoms with E-state index in [4.69, 9.17) is 5.11 Å². The zero-order valence-electron chi connectivity index (χ0n) is 9.35. The first kappa shape index (κ1) is 11.2. The zero-order chi connectivity index (χ0) is 11.7. The molecular formula is C12H17NO3. The Morgan fingerprint density at radius 2 is 1.94 bits per heavy atom. The third-order valence-corrected chi connectivity index (χ3v) is 3.60. The van der Waals surface area contributed by atoms with Gasteiger partial charge < -0.3 is 10.4 Å². The van der Waals surface area contributed by atoms with Crippen LogP contribution in [0.2, 0.25) is 0 Å². The molecule has 0 aliphatic heterocycles. The highest BCUT2D eigenvalue weighted by Crippen LogP contribution is 2.48. The Hall–Kier alpha value is -1.32. The van der Waals surface area contributed by atoms with Gasteiger partial charge in [0.1, 0.15) is 0 Å². The minimum absolute atomic E-state index is 0.0554. The summed E-state index contributed by atoms with van der Waals surface area (Å²) in [5, 5.41) is 12.0. The third kappa shape index (κ3) is 1.72. The summed E-state index contributed by atoms with van der Waals surface area (Å²) >= 11 is 0. The molecule has 16 heavy (non-hydrogen) atoms. The second-order valence-corrected chi connectivity index (χ2v) is 4.63. The summed E-state index contributed by atoms with van der Waals surface area (Å²) < 4.78 is 0. The Morgan fingerprint density at radius 1 is 1.31 bits per heavy atom. The van der Waals surface area contributed by atoms with Crippen molar-refractivity contribution in [3.63, 3.8) is 0 Å². The van der Waals surface area contributed by atoms with Crippen molar-refractivity contribution in [3.8, 4) is 0 Å². The molecule has 4 heteroatoms. The molecule has 0 heterocycles. The lowest BCUT2D eigenvalue weighted by Gasteiger charge is -2.23. The predicted molar refractivity (Wildman–Crippen MR) is 58.7 cm³/mol. The maximum atomic E-state index is 11.9. The number of carboxylic acids is 1. The van der Waals surface area contributed by atoms with Crippen LogP contribution in [0.1, 0.15) is 19.8 Å². The normalized spacial score (nSPS) is 35.3. The Labute approximate surface area is 94.7 Å². The molecule has 88 valence electrons. The van der Waals surface area contributed by atoms with Crippen LogP contribution in [0.15, 0.2) is 12.2 Å². The van der Waals surface area contributed by atoms with E-state index >= 15 is 0 Å². The molecule has 4 nitrogen and oxygen atoms in total. The van der Waals surface area contributed by atoms with Crippen molar-refractivity contribution in [2.75, 3.05) is 6.54 Å². The summed E-state index contributed by atoms with van der Waals surface area (Å²) in [5.41, 5.74) is 0. The monoisotopic (exact) mass is 223 g/mol. The fraction of sp³-hybridized carbons (Fsp3) is 0.667. The molecule has 2 N–H and O–H groups in total. The molecule has 2 rings (SSSR count). The van der Waals surface area contributed by atoms with Gasteiger partial charge in [-0.1, -0.05) is 19.1 Å². The molecule has 2 aliphatic rings. The second kappa shape index (κ2) is 4.28. The Bertz CT molecular complexity index is 337. The van der Waals surface area contributed by atoms with Gasteiger partial charge in [-0.3, -0.25) is 9.59 Å². The van der Waals surface area contributed by atoms with Gasteiger partial charge in [-0.15, -0.1) is 0 Å². The van der Waals surface area contributed by atoms with Crippen LogP contribution in [0, 0.1) is 23.7 Å². The van der Waals surface area contributed by atoms with Gasteiger partial charge in [0.25, 0.3) is 0 Å². The van der Waals surface area contributed by atoms with E-state index in [0.717, 1.165) is 12.8 Å². The van der Waals surface area contributed by atoms with E-state index in [1.165, 1.54) is 0 Å². The van der Waals surface area contributed by atoms with Crippen molar-refractivity contribution in [2.45, 2.75) is 19.8 Å². The van der Waals surface area contributed by atoms with E-state index in [1.807, 2.05) is 19.1 Å². The van der Waals surface area contributed by atoms with Crippen molar-refractivity contribution in [1.82, 2.24) is 5.32 Å². The van der Waals surface area contributed by atoms with Gasteiger partial charge in [-0.2, -0.15) is 0 Å². The smallest absolute Gasteiger partial charge is 0.307 e. The lowest BCUT2D eigenvalue weighted by molar-refractivity contribution is -0.147. The van der Waals surface area contributed by atoms with E-state index in [0.29, 0.717) is 6.54 Å². The minimum atomic E-state index is -0.839. The summed E-state index contributed by atoms with van der Waals surface area (Å²) in [6, 6.07) is 0. The second-order valence-electron chi connectivity index (χ2n) is 4.63. The quantitative estimate of drug-likeness (QED) is 0.700. The summed E-state index contributed by atoms with van der Waals surface area (Å²) in [6.45, 7) is 2.61. The number of hydrogen-bond donors (Lipinski definition) is 2. The Kier molecular flexibility index (Phi) is 2.99. The molecular weight excluding hydrogens is 206 g/mol. The molecule has 0 spiro atoms. The number of allylic oxidation sites excluding steroid dienone is 2. The highest BCUT2D eigenvalue weighted by Gasteiger charge is 2.51. The van der Waals surface area contributed by atoms with Crippen LogP contribution in [0.4, 0.5) is 0 Å². The summed E-state index contributed by atoms with van der Waals surface area (Å²) in [4.78, 5) is 23.1. The first-order chi connectivity index (χ1) is 7.65. The number of amides is 1. The maximum Gasteiger partial charge on any atom is 0.307 e. The molecule has 2 bridgehead atoms. The number of aliphatic carboxylic acids is 1. The van der Waals surface area contributed by atoms with Crippen molar-refractivity contribution >= 4 is 11.9 Å². The molecule has 1 fully saturated rings. The van der Waals surface area contributed by atoms with Crippen LogP contribution in [0.5, 0.6) is 0 Å². The molecule has 0 aromatic rings. The third-order valence-electron chi connectivity index (χ3n) is 3.60. The molecule has 2 aliphatic carbocycles. The van der Waals surface area contributed by atoms with Crippen LogP contribution in [-0.4, -0.2) is 23.5 Å². The number of hydrogen-bond acceptors (Lipinski definition) is 2. The van der Waals surface area contributed by atoms with Crippen molar-refractivity contribution < 1.29 is 14.7 Å². The highest BCUT2D eigenvalue weighted by molar-refractivity contribution is 5.86. The molecule has 0 saturated heterocycles. The minimum Gasteiger partial charge on any atom is -0.481 e. The molecule has 1 saturated carbocycles. The molecule has 0 radical (unpaired) electrons. The number of carbonyl (C=O) groups is 2. The molecule has 1 amide bonds. The van der Waals surface area contributed by atoms with Crippen molar-refractivity contribution in [1.29, 1.82) is 0 Å². The molecule has 0 aromatic carbocycles. The van der Waals surface area contributed by atoms with Crippen molar-refractivity contribution in [2.24, 2.45) is 23.7 Å². The van der Waals surface area contributed by atoms with Crippen molar-refractivity contribution in [3.05, 3.63) is 12.2 Å². The van der Waals surface area contributed by atoms with Gasteiger partial charge in [-0.05, 0) is 24.7 Å². The standard InChI is InChI=1S/C12H17NO3/c1-2-5-13-11(14)9-7-3-4-8(6-7)10(9)12(15)16/h3-4,7-10H,2,5-6H2,1H3,(H,13,14)(H,15,16)/t7-,8+,9+,10+/m1/s1. The summed E-state index contributed by atoms with van der Waals surface area (Å²) in [7, 11) is 0. The maximum absolute atomic E-state index is 11.9. The van der Waals surface area contributed by atoms with E-state index < -0.39 is 11.9 Å². The Balaban J connectivity index is 2.10. The summed E-state index contributed by atoms with van der Waals surface area (Å²) in [5.74, 6) is -1.63. The molecule has 0 unspecified atom stereocenters. The molecule has 0 aromatic heterocycles. The van der Waals surface area contributed by atoms with Gasteiger partial charge >= 0.3 is 5.97 Å². The SMILES string of the molecule is CCCNC(=O)[C@@H]1[C@@H](C(=O)O)[C@H]2C=C[C@@H]1C2. The first-order valence-electron chi connectivity index (χ1n) is 5.84. The zero-order valence-corrected chi connectivity index (χ0v) is 9.35. The largest absolute Gasteiger partial charge is 0.481 e. The van der Waals surface area contributed by atoms with E-state index in [2.05, 4.69) is 5.32 Å². The highest BCUT2D eigenvalue weighted by atomic mass is 16.4. The average Bonchev–Trinajstić information content (AvgIpc) is 2.84. The average molecular weight is 223 g/mol. The number of nitrogens with one attached hydrogen (secondary N) is 1. The number of carboxylic acid groups (broad SMARTS) is 1. The van der Waals surface area contributed by atoms with E-state index in [-0.39, 0.29) is 23.7 Å². The Morgan fingerprint density at radius 3 is 2.50 bits per heavy atom. The van der Waals surface area contributed by atoms with Crippen LogP contribution in [-0.2, 0) is 9.59 Å². The number of rotatable bonds is 4. The fourth-order valence-electron chi connectivity index (χ4n) is 2.88. The van der Waals surface area contributed by atoms with Crippen LogP contribution < -0.4 is 5.32 Å². The number of carbonyl (C=O) groups excluding carboxylic acids is 1. The first-order valence-corrected chi connectivity index (χ1v) is 5.84. The van der Waals surface area contributed by atoms with Gasteiger partial charge in [0.2, 0.25) is 5.91 Å². The summed E-state index contributed by atoms with van der Waals surface area (Å²) in [6.07, 6.45) is 5.65. The van der Waals surface area contributed by atoms with Crippen LogP contribution >= 0.6 is 0 Å². The fourth-order valence-corrected chi connectivity index (χ4v) is 2.88. The molecule has 4 atom stereocenters. The number of fused-ring (bicyclic) bond motifs is 2.